The SMILES string of the molecule is Fc1ccccc1F.N[SH](=O)=O. The average molecular weight is 195 g/mol. The Morgan fingerprint density at radius 1 is 1.08 bits per heavy atom. The Morgan fingerprint density at radius 2 is 1.33 bits per heavy atom. The van der Waals surface area contributed by atoms with Crippen LogP contribution in [0.25, 0.3) is 0 Å². The molecule has 0 saturated heterocycles. The summed E-state index contributed by atoms with van der Waals surface area (Å²) in [5.74, 6) is -1.60. The van der Waals surface area contributed by atoms with E-state index in [0.717, 1.165) is 12.1 Å². The van der Waals surface area contributed by atoms with Gasteiger partial charge in [-0.05, 0) is 12.1 Å². The molecule has 0 fully saturated rings. The van der Waals surface area contributed by atoms with E-state index in [-0.39, 0.29) is 0 Å². The van der Waals surface area contributed by atoms with Gasteiger partial charge in [-0.3, -0.25) is 0 Å². The molecule has 2 N–H and O–H groups in total. The Morgan fingerprint density at radius 3 is 1.50 bits per heavy atom. The fraction of sp³-hybridized carbons (Fsp3) is 0. The minimum atomic E-state index is -2.62. The Balaban J connectivity index is 0.000000261. The van der Waals surface area contributed by atoms with Gasteiger partial charge in [0.25, 0.3) is 0 Å². The second kappa shape index (κ2) is 5.62. The van der Waals surface area contributed by atoms with Gasteiger partial charge in [0.15, 0.2) is 22.5 Å². The lowest BCUT2D eigenvalue weighted by molar-refractivity contribution is 0.508. The summed E-state index contributed by atoms with van der Waals surface area (Å²) in [6, 6.07) is 5.04. The lowest BCUT2D eigenvalue weighted by Crippen LogP contribution is -1.85. The Bertz CT molecular complexity index is 285. The fourth-order valence-electron chi connectivity index (χ4n) is 0.439. The highest BCUT2D eigenvalue weighted by molar-refractivity contribution is 7.69. The minimum Gasteiger partial charge on any atom is -0.231 e. The number of hydrogen-bond donors (Lipinski definition) is 2. The smallest absolute Gasteiger partial charge is 0.198 e. The lowest BCUT2D eigenvalue weighted by atomic mass is 10.3. The summed E-state index contributed by atoms with van der Waals surface area (Å²) in [6.07, 6.45) is 0. The van der Waals surface area contributed by atoms with E-state index in [0.29, 0.717) is 0 Å². The highest BCUT2D eigenvalue weighted by Crippen LogP contribution is 2.01. The molecule has 3 nitrogen and oxygen atoms in total. The summed E-state index contributed by atoms with van der Waals surface area (Å²) in [7, 11) is -2.62. The van der Waals surface area contributed by atoms with E-state index < -0.39 is 22.5 Å². The summed E-state index contributed by atoms with van der Waals surface area (Å²) in [5, 5.41) is 4.06. The Labute approximate surface area is 69.9 Å². The van der Waals surface area contributed by atoms with E-state index in [9.17, 15) is 8.78 Å². The molecule has 6 heteroatoms. The first-order chi connectivity index (χ1) is 5.54. The van der Waals surface area contributed by atoms with Crippen LogP contribution in [0.2, 0.25) is 0 Å². The molecule has 0 aliphatic heterocycles. The molecule has 0 atom stereocenters. The second-order valence-electron chi connectivity index (χ2n) is 1.70. The van der Waals surface area contributed by atoms with Gasteiger partial charge in [-0.25, -0.2) is 22.3 Å². The first kappa shape index (κ1) is 11.0. The van der Waals surface area contributed by atoms with Crippen molar-refractivity contribution in [3.05, 3.63) is 35.9 Å². The van der Waals surface area contributed by atoms with E-state index in [1.54, 1.807) is 0 Å². The zero-order valence-corrected chi connectivity index (χ0v) is 6.80. The molecule has 1 aromatic carbocycles. The molecule has 0 aromatic heterocycles. The van der Waals surface area contributed by atoms with E-state index >= 15 is 0 Å². The Hall–Kier alpha value is -1.01. The topological polar surface area (TPSA) is 60.2 Å². The van der Waals surface area contributed by atoms with Crippen molar-refractivity contribution in [2.75, 3.05) is 0 Å². The van der Waals surface area contributed by atoms with Crippen molar-refractivity contribution in [2.24, 2.45) is 5.14 Å². The number of halogens is 2. The zero-order valence-electron chi connectivity index (χ0n) is 5.91. The van der Waals surface area contributed by atoms with Gasteiger partial charge < -0.3 is 0 Å². The highest BCUT2D eigenvalue weighted by Gasteiger charge is 1.93. The molecule has 0 saturated carbocycles. The van der Waals surface area contributed by atoms with Gasteiger partial charge in [0.2, 0.25) is 0 Å². The van der Waals surface area contributed by atoms with Crippen LogP contribution < -0.4 is 5.14 Å². The molecule has 0 spiro atoms. The third kappa shape index (κ3) is 5.75. The summed E-state index contributed by atoms with van der Waals surface area (Å²) >= 11 is 0. The first-order valence-electron chi connectivity index (χ1n) is 2.83. The number of benzene rings is 1. The van der Waals surface area contributed by atoms with Crippen LogP contribution >= 0.6 is 0 Å². The van der Waals surface area contributed by atoms with Gasteiger partial charge in [0.1, 0.15) is 0 Å². The summed E-state index contributed by atoms with van der Waals surface area (Å²) in [6.45, 7) is 0. The van der Waals surface area contributed by atoms with E-state index in [4.69, 9.17) is 8.42 Å². The molecule has 0 amide bonds. The van der Waals surface area contributed by atoms with Gasteiger partial charge in [0, 0.05) is 0 Å². The quantitative estimate of drug-likeness (QED) is 0.590. The van der Waals surface area contributed by atoms with Crippen LogP contribution in [0.5, 0.6) is 0 Å². The average Bonchev–Trinajstić information content (AvgIpc) is 1.94. The number of rotatable bonds is 0. The third-order valence-corrected chi connectivity index (χ3v) is 0.824. The molecular formula is C6H7F2NO2S. The van der Waals surface area contributed by atoms with Crippen molar-refractivity contribution in [1.82, 2.24) is 0 Å². The van der Waals surface area contributed by atoms with Crippen LogP contribution in [0.4, 0.5) is 8.78 Å². The molecule has 0 radical (unpaired) electrons. The van der Waals surface area contributed by atoms with Gasteiger partial charge in [-0.1, -0.05) is 12.1 Å². The highest BCUT2D eigenvalue weighted by atomic mass is 32.2. The van der Waals surface area contributed by atoms with Gasteiger partial charge in [-0.15, -0.1) is 0 Å². The predicted molar refractivity (Wildman–Crippen MR) is 40.9 cm³/mol. The first-order valence-corrected chi connectivity index (χ1v) is 4.08. The van der Waals surface area contributed by atoms with E-state index in [1.807, 2.05) is 0 Å². The van der Waals surface area contributed by atoms with Crippen molar-refractivity contribution in [2.45, 2.75) is 0 Å². The van der Waals surface area contributed by atoms with Crippen LogP contribution in [0.15, 0.2) is 24.3 Å². The monoisotopic (exact) mass is 195 g/mol. The third-order valence-electron chi connectivity index (χ3n) is 0.824. The summed E-state index contributed by atoms with van der Waals surface area (Å²) < 4.78 is 41.5. The van der Waals surface area contributed by atoms with Crippen LogP contribution in [0, 0.1) is 11.6 Å². The zero-order chi connectivity index (χ0) is 9.56. The number of hydrogen-bond acceptors (Lipinski definition) is 2. The predicted octanol–water partition coefficient (Wildman–Crippen LogP) is 0.436. The standard InChI is InChI=1S/C6H4F2.H3NO2S/c7-5-3-1-2-4-6(5)8;1-4(2)3/h1-4H;4H,(H2,1,2,3). The van der Waals surface area contributed by atoms with Gasteiger partial charge in [0.05, 0.1) is 0 Å². The van der Waals surface area contributed by atoms with E-state index in [2.05, 4.69) is 5.14 Å². The van der Waals surface area contributed by atoms with Crippen molar-refractivity contribution >= 4 is 10.9 Å². The number of nitrogens with two attached hydrogens (primary N) is 1. The van der Waals surface area contributed by atoms with Crippen LogP contribution in [0.1, 0.15) is 0 Å². The number of thiol groups is 1. The summed E-state index contributed by atoms with van der Waals surface area (Å²) in [5.41, 5.74) is 0. The van der Waals surface area contributed by atoms with Crippen molar-refractivity contribution in [3.63, 3.8) is 0 Å². The maximum Gasteiger partial charge on any atom is 0.198 e. The normalized spacial score (nSPS) is 9.00. The molecule has 0 bridgehead atoms. The molecule has 1 aromatic rings. The molecule has 0 aliphatic rings. The second-order valence-corrected chi connectivity index (χ2v) is 2.27. The van der Waals surface area contributed by atoms with Crippen molar-refractivity contribution < 1.29 is 17.2 Å². The minimum absolute atomic E-state index is 0.799. The van der Waals surface area contributed by atoms with Crippen LogP contribution in [0.3, 0.4) is 0 Å². The lowest BCUT2D eigenvalue weighted by Gasteiger charge is -1.85. The van der Waals surface area contributed by atoms with E-state index in [1.165, 1.54) is 12.1 Å². The van der Waals surface area contributed by atoms with Gasteiger partial charge >= 0.3 is 0 Å². The molecular weight excluding hydrogens is 188 g/mol. The molecule has 0 unspecified atom stereocenters. The maximum absolute atomic E-state index is 11.9. The largest absolute Gasteiger partial charge is 0.231 e. The molecule has 0 heterocycles. The van der Waals surface area contributed by atoms with Crippen LogP contribution in [-0.4, -0.2) is 8.42 Å². The molecule has 68 valence electrons. The van der Waals surface area contributed by atoms with Crippen molar-refractivity contribution in [3.8, 4) is 0 Å². The maximum atomic E-state index is 11.9. The van der Waals surface area contributed by atoms with Crippen molar-refractivity contribution in [1.29, 1.82) is 0 Å². The molecule has 0 aliphatic carbocycles. The molecule has 1 rings (SSSR count). The van der Waals surface area contributed by atoms with Crippen LogP contribution in [-0.2, 0) is 10.9 Å². The fourth-order valence-corrected chi connectivity index (χ4v) is 0.439. The molecule has 12 heavy (non-hydrogen) atoms. The van der Waals surface area contributed by atoms with Gasteiger partial charge in [-0.2, -0.15) is 0 Å². The summed E-state index contributed by atoms with van der Waals surface area (Å²) in [4.78, 5) is 0. The Kier molecular flexibility index (Phi) is 5.14.